The second-order valence-corrected chi connectivity index (χ2v) is 12.3. The lowest BCUT2D eigenvalue weighted by atomic mass is 9.48. The minimum atomic E-state index is -1.01. The zero-order valence-electron chi connectivity index (χ0n) is 20.8. The molecule has 0 aliphatic heterocycles. The fraction of sp³-hybridized carbons (Fsp3) is 0.500. The number of hydrogen-bond donors (Lipinski definition) is 1. The van der Waals surface area contributed by atoms with Crippen molar-refractivity contribution in [2.24, 2.45) is 17.3 Å². The summed E-state index contributed by atoms with van der Waals surface area (Å²) in [6, 6.07) is 1.84. The summed E-state index contributed by atoms with van der Waals surface area (Å²) >= 11 is 12.9. The van der Waals surface area contributed by atoms with Crippen LogP contribution < -0.4 is 4.74 Å². The van der Waals surface area contributed by atoms with Crippen LogP contribution in [0.25, 0.3) is 17.3 Å². The van der Waals surface area contributed by atoms with E-state index in [1.165, 1.54) is 12.8 Å². The SMILES string of the molecule is O=C(O)c1cc(OCC2CC3(CC(C=Cc4c(-c5c(Cl)cncc5Cl)noc4C4CC4)C3)C2)n(C2CC2)n1. The maximum Gasteiger partial charge on any atom is 0.356 e. The van der Waals surface area contributed by atoms with Crippen LogP contribution in [0.15, 0.2) is 29.1 Å². The van der Waals surface area contributed by atoms with Crippen LogP contribution in [0.4, 0.5) is 0 Å². The first kappa shape index (κ1) is 24.2. The Morgan fingerprint density at radius 2 is 1.89 bits per heavy atom. The maximum absolute atomic E-state index is 11.3. The largest absolute Gasteiger partial charge is 0.478 e. The van der Waals surface area contributed by atoms with Crippen LogP contribution in [0.5, 0.6) is 5.88 Å². The van der Waals surface area contributed by atoms with Gasteiger partial charge >= 0.3 is 5.97 Å². The summed E-state index contributed by atoms with van der Waals surface area (Å²) in [5.41, 5.74) is 2.80. The van der Waals surface area contributed by atoms with Gasteiger partial charge in [0.15, 0.2) is 5.69 Å². The van der Waals surface area contributed by atoms with E-state index in [0.717, 1.165) is 49.8 Å². The number of hydrogen-bond acceptors (Lipinski definition) is 6. The molecule has 198 valence electrons. The summed E-state index contributed by atoms with van der Waals surface area (Å²) in [6.45, 7) is 0.613. The molecule has 3 aromatic rings. The summed E-state index contributed by atoms with van der Waals surface area (Å²) in [7, 11) is 0. The molecule has 0 saturated heterocycles. The molecule has 4 saturated carbocycles. The Bertz CT molecular complexity index is 1400. The third kappa shape index (κ3) is 4.41. The fourth-order valence-electron chi connectivity index (χ4n) is 6.34. The molecule has 4 fully saturated rings. The van der Waals surface area contributed by atoms with E-state index in [0.29, 0.717) is 57.0 Å². The summed E-state index contributed by atoms with van der Waals surface area (Å²) < 4.78 is 13.6. The molecule has 38 heavy (non-hydrogen) atoms. The fourth-order valence-corrected chi connectivity index (χ4v) is 6.88. The molecule has 1 N–H and O–H groups in total. The van der Waals surface area contributed by atoms with Crippen molar-refractivity contribution >= 4 is 35.2 Å². The monoisotopic (exact) mass is 554 g/mol. The van der Waals surface area contributed by atoms with Gasteiger partial charge in [0.2, 0.25) is 5.88 Å². The second kappa shape index (κ2) is 9.12. The quantitative estimate of drug-likeness (QED) is 0.302. The second-order valence-electron chi connectivity index (χ2n) is 11.5. The Balaban J connectivity index is 0.973. The number of aromatic nitrogens is 4. The molecule has 0 atom stereocenters. The first-order valence-electron chi connectivity index (χ1n) is 13.3. The Labute approximate surface area is 230 Å². The highest BCUT2D eigenvalue weighted by Gasteiger charge is 2.52. The van der Waals surface area contributed by atoms with Gasteiger partial charge in [-0.1, -0.05) is 40.5 Å². The smallest absolute Gasteiger partial charge is 0.356 e. The van der Waals surface area contributed by atoms with E-state index in [4.69, 9.17) is 32.5 Å². The van der Waals surface area contributed by atoms with E-state index in [1.807, 2.05) is 0 Å². The molecule has 0 aromatic carbocycles. The number of nitrogens with zero attached hydrogens (tertiary/aromatic N) is 4. The predicted octanol–water partition coefficient (Wildman–Crippen LogP) is 7.05. The molecule has 0 amide bonds. The average molecular weight is 555 g/mol. The van der Waals surface area contributed by atoms with Crippen LogP contribution in [-0.2, 0) is 0 Å². The van der Waals surface area contributed by atoms with Crippen LogP contribution in [0, 0.1) is 17.3 Å². The summed E-state index contributed by atoms with van der Waals surface area (Å²) in [5.74, 6) is 1.93. The van der Waals surface area contributed by atoms with Crippen LogP contribution in [0.1, 0.15) is 85.1 Å². The van der Waals surface area contributed by atoms with Gasteiger partial charge in [0.05, 0.1) is 22.7 Å². The lowest BCUT2D eigenvalue weighted by molar-refractivity contribution is -0.0665. The standard InChI is InChI=1S/C28H28Cl2N4O4/c29-20-12-31-13-21(30)24(20)25-19(26(38-33-25)17-2-3-17)6-1-15-8-28(9-15)10-16(11-28)14-37-23-7-22(27(35)36)32-34(23)18-4-5-18/h1,6-7,12-13,15-18H,2-5,8-11,14H2,(H,35,36). The zero-order chi connectivity index (χ0) is 26.0. The molecule has 8 nitrogen and oxygen atoms in total. The molecule has 3 heterocycles. The van der Waals surface area contributed by atoms with Crippen LogP contribution >= 0.6 is 23.2 Å². The highest BCUT2D eigenvalue weighted by Crippen LogP contribution is 2.61. The van der Waals surface area contributed by atoms with Gasteiger partial charge in [-0.3, -0.25) is 4.98 Å². The third-order valence-electron chi connectivity index (χ3n) is 8.44. The van der Waals surface area contributed by atoms with Crippen molar-refractivity contribution in [2.75, 3.05) is 6.61 Å². The van der Waals surface area contributed by atoms with Gasteiger partial charge in [-0.05, 0) is 68.6 Å². The molecule has 4 aliphatic rings. The normalized spacial score (nSPS) is 26.5. The Morgan fingerprint density at radius 3 is 2.55 bits per heavy atom. The lowest BCUT2D eigenvalue weighted by Crippen LogP contribution is -2.48. The van der Waals surface area contributed by atoms with Crippen molar-refractivity contribution in [1.29, 1.82) is 0 Å². The van der Waals surface area contributed by atoms with Gasteiger partial charge in [0.25, 0.3) is 0 Å². The molecular formula is C28H28Cl2N4O4. The van der Waals surface area contributed by atoms with Crippen LogP contribution in [0.2, 0.25) is 10.0 Å². The molecule has 0 unspecified atom stereocenters. The number of halogens is 2. The zero-order valence-corrected chi connectivity index (χ0v) is 22.3. The average Bonchev–Trinajstić information content (AvgIpc) is 3.77. The number of ether oxygens (including phenoxy) is 1. The predicted molar refractivity (Wildman–Crippen MR) is 142 cm³/mol. The summed E-state index contributed by atoms with van der Waals surface area (Å²) in [5, 5.41) is 18.8. The highest BCUT2D eigenvalue weighted by molar-refractivity contribution is 6.39. The third-order valence-corrected chi connectivity index (χ3v) is 9.02. The van der Waals surface area contributed by atoms with E-state index in [9.17, 15) is 9.90 Å². The number of pyridine rings is 1. The number of allylic oxidation sites excluding steroid dienone is 1. The maximum atomic E-state index is 11.3. The molecular weight excluding hydrogens is 527 g/mol. The Kier molecular flexibility index (Phi) is 5.82. The summed E-state index contributed by atoms with van der Waals surface area (Å²) in [4.78, 5) is 15.4. The molecule has 0 radical (unpaired) electrons. The van der Waals surface area contributed by atoms with Crippen molar-refractivity contribution in [3.05, 3.63) is 51.6 Å². The Morgan fingerprint density at radius 1 is 1.16 bits per heavy atom. The molecule has 10 heteroatoms. The van der Waals surface area contributed by atoms with Gasteiger partial charge < -0.3 is 14.4 Å². The number of rotatable bonds is 9. The Hall–Kier alpha value is -2.84. The first-order valence-corrected chi connectivity index (χ1v) is 14.1. The van der Waals surface area contributed by atoms with Crippen LogP contribution in [0.3, 0.4) is 0 Å². The number of carboxylic acid groups (broad SMARTS) is 1. The number of carboxylic acids is 1. The minimum Gasteiger partial charge on any atom is -0.478 e. The van der Waals surface area contributed by atoms with E-state index in [2.05, 4.69) is 27.4 Å². The minimum absolute atomic E-state index is 0.0555. The van der Waals surface area contributed by atoms with Gasteiger partial charge in [-0.25, -0.2) is 9.48 Å². The van der Waals surface area contributed by atoms with Crippen molar-refractivity contribution in [1.82, 2.24) is 19.9 Å². The molecule has 3 aromatic heterocycles. The van der Waals surface area contributed by atoms with E-state index < -0.39 is 5.97 Å². The molecule has 0 bridgehead atoms. The van der Waals surface area contributed by atoms with E-state index >= 15 is 0 Å². The van der Waals surface area contributed by atoms with Crippen molar-refractivity contribution in [2.45, 2.75) is 63.3 Å². The van der Waals surface area contributed by atoms with Crippen molar-refractivity contribution in [3.63, 3.8) is 0 Å². The van der Waals surface area contributed by atoms with Gasteiger partial charge in [0.1, 0.15) is 11.5 Å². The molecule has 1 spiro atoms. The van der Waals surface area contributed by atoms with Gasteiger partial charge in [0, 0.05) is 35.5 Å². The number of aromatic carboxylic acids is 1. The first-order chi connectivity index (χ1) is 18.4. The van der Waals surface area contributed by atoms with Gasteiger partial charge in [-0.2, -0.15) is 5.10 Å². The lowest BCUT2D eigenvalue weighted by Gasteiger charge is -2.57. The molecule has 7 rings (SSSR count). The number of carbonyl (C=O) groups is 1. The topological polar surface area (TPSA) is 103 Å². The van der Waals surface area contributed by atoms with Crippen molar-refractivity contribution in [3.8, 4) is 17.1 Å². The van der Waals surface area contributed by atoms with Crippen molar-refractivity contribution < 1.29 is 19.2 Å². The van der Waals surface area contributed by atoms with E-state index in [1.54, 1.807) is 23.1 Å². The van der Waals surface area contributed by atoms with E-state index in [-0.39, 0.29) is 11.7 Å². The molecule has 4 aliphatic carbocycles. The summed E-state index contributed by atoms with van der Waals surface area (Å²) in [6.07, 6.45) is 16.5. The highest BCUT2D eigenvalue weighted by atomic mass is 35.5. The van der Waals surface area contributed by atoms with Gasteiger partial charge in [-0.15, -0.1) is 0 Å². The van der Waals surface area contributed by atoms with Crippen LogP contribution in [-0.4, -0.2) is 37.6 Å².